The number of amides is 1. The van der Waals surface area contributed by atoms with Crippen molar-refractivity contribution in [3.05, 3.63) is 34.3 Å². The molecule has 5 heteroatoms. The number of rotatable bonds is 6. The van der Waals surface area contributed by atoms with Crippen molar-refractivity contribution in [1.29, 1.82) is 0 Å². The zero-order valence-corrected chi connectivity index (χ0v) is 12.9. The highest BCUT2D eigenvalue weighted by molar-refractivity contribution is 9.10. The van der Waals surface area contributed by atoms with Crippen LogP contribution in [0.25, 0.3) is 0 Å². The lowest BCUT2D eigenvalue weighted by Crippen LogP contribution is -2.35. The normalized spacial score (nSPS) is 11.5. The largest absolute Gasteiger partial charge is 0.355 e. The summed E-state index contributed by atoms with van der Waals surface area (Å²) >= 11 is 3.44. The third-order valence-electron chi connectivity index (χ3n) is 2.68. The molecule has 0 saturated carbocycles. The van der Waals surface area contributed by atoms with Crippen LogP contribution in [0.2, 0.25) is 0 Å². The van der Waals surface area contributed by atoms with E-state index in [9.17, 15) is 4.79 Å². The van der Waals surface area contributed by atoms with Crippen molar-refractivity contribution in [2.75, 3.05) is 13.1 Å². The van der Waals surface area contributed by atoms with Crippen LogP contribution in [0.15, 0.2) is 28.7 Å². The van der Waals surface area contributed by atoms with Crippen LogP contribution in [0.4, 0.5) is 0 Å². The summed E-state index contributed by atoms with van der Waals surface area (Å²) in [6.45, 7) is 3.07. The molecule has 1 aromatic rings. The van der Waals surface area contributed by atoms with Gasteiger partial charge in [0.05, 0.1) is 0 Å². The van der Waals surface area contributed by atoms with Gasteiger partial charge in [-0.2, -0.15) is 0 Å². The number of carbonyl (C=O) groups excluding carboxylic acids is 1. The van der Waals surface area contributed by atoms with E-state index in [2.05, 4.69) is 27.3 Å². The number of nitrogens with one attached hydrogen (secondary N) is 1. The molecule has 1 atom stereocenters. The summed E-state index contributed by atoms with van der Waals surface area (Å²) in [5.74, 6) is 0.119. The Bertz CT molecular complexity index is 374. The summed E-state index contributed by atoms with van der Waals surface area (Å²) in [6.07, 6.45) is 1.61. The van der Waals surface area contributed by atoms with Crippen molar-refractivity contribution in [2.45, 2.75) is 19.8 Å². The van der Waals surface area contributed by atoms with E-state index in [1.54, 1.807) is 0 Å². The van der Waals surface area contributed by atoms with Gasteiger partial charge in [0.2, 0.25) is 5.91 Å². The Balaban J connectivity index is 0.00000289. The van der Waals surface area contributed by atoms with E-state index in [0.29, 0.717) is 13.1 Å². The molecule has 3 nitrogen and oxygen atoms in total. The van der Waals surface area contributed by atoms with E-state index in [-0.39, 0.29) is 24.2 Å². The minimum atomic E-state index is 0. The standard InChI is InChI=1S/C13H19BrN2O.ClH/c1-2-11(13(17)16-7-6-15)8-10-4-3-5-12(14)9-10;/h3-5,9,11H,2,6-8,15H2,1H3,(H,16,17);1H. The van der Waals surface area contributed by atoms with E-state index in [1.807, 2.05) is 25.1 Å². The number of halogens is 2. The highest BCUT2D eigenvalue weighted by Crippen LogP contribution is 2.17. The van der Waals surface area contributed by atoms with Crippen molar-refractivity contribution in [1.82, 2.24) is 5.32 Å². The van der Waals surface area contributed by atoms with E-state index in [1.165, 1.54) is 5.56 Å². The second-order valence-corrected chi connectivity index (χ2v) is 4.93. The van der Waals surface area contributed by atoms with Crippen LogP contribution < -0.4 is 11.1 Å². The summed E-state index contributed by atoms with van der Waals surface area (Å²) in [4.78, 5) is 11.8. The Morgan fingerprint density at radius 1 is 1.50 bits per heavy atom. The third-order valence-corrected chi connectivity index (χ3v) is 3.17. The first-order valence-electron chi connectivity index (χ1n) is 5.89. The van der Waals surface area contributed by atoms with Crippen LogP contribution in [0.3, 0.4) is 0 Å². The summed E-state index contributed by atoms with van der Waals surface area (Å²) < 4.78 is 1.05. The molecule has 1 aromatic carbocycles. The maximum Gasteiger partial charge on any atom is 0.223 e. The van der Waals surface area contributed by atoms with Gasteiger partial charge < -0.3 is 11.1 Å². The Hall–Kier alpha value is -0.580. The van der Waals surface area contributed by atoms with E-state index < -0.39 is 0 Å². The molecule has 1 unspecified atom stereocenters. The molecule has 1 amide bonds. The maximum atomic E-state index is 11.8. The van der Waals surface area contributed by atoms with Gasteiger partial charge in [0.1, 0.15) is 0 Å². The lowest BCUT2D eigenvalue weighted by molar-refractivity contribution is -0.125. The first kappa shape index (κ1) is 17.4. The predicted molar refractivity (Wildman–Crippen MR) is 80.9 cm³/mol. The molecule has 0 saturated heterocycles. The average Bonchev–Trinajstić information content (AvgIpc) is 2.33. The molecule has 0 heterocycles. The minimum Gasteiger partial charge on any atom is -0.355 e. The summed E-state index contributed by atoms with van der Waals surface area (Å²) in [5, 5.41) is 2.84. The average molecular weight is 336 g/mol. The van der Waals surface area contributed by atoms with Crippen molar-refractivity contribution in [2.24, 2.45) is 11.7 Å². The van der Waals surface area contributed by atoms with Crippen LogP contribution >= 0.6 is 28.3 Å². The quantitative estimate of drug-likeness (QED) is 0.839. The molecule has 0 aromatic heterocycles. The van der Waals surface area contributed by atoms with Gasteiger partial charge in [-0.25, -0.2) is 0 Å². The molecule has 0 bridgehead atoms. The summed E-state index contributed by atoms with van der Waals surface area (Å²) in [7, 11) is 0. The van der Waals surface area contributed by atoms with Crippen LogP contribution in [0, 0.1) is 5.92 Å². The fourth-order valence-corrected chi connectivity index (χ4v) is 2.16. The molecule has 0 spiro atoms. The Kier molecular flexibility index (Phi) is 9.06. The number of hydrogen-bond acceptors (Lipinski definition) is 2. The van der Waals surface area contributed by atoms with Crippen LogP contribution in [-0.4, -0.2) is 19.0 Å². The molecule has 0 aliphatic carbocycles. The zero-order valence-electron chi connectivity index (χ0n) is 10.5. The SMILES string of the molecule is CCC(Cc1cccc(Br)c1)C(=O)NCCN.Cl. The number of hydrogen-bond donors (Lipinski definition) is 2. The molecule has 18 heavy (non-hydrogen) atoms. The second kappa shape index (κ2) is 9.36. The molecule has 102 valence electrons. The summed E-state index contributed by atoms with van der Waals surface area (Å²) in [5.41, 5.74) is 6.55. The van der Waals surface area contributed by atoms with Crippen molar-refractivity contribution in [3.8, 4) is 0 Å². The number of carbonyl (C=O) groups is 1. The van der Waals surface area contributed by atoms with Crippen molar-refractivity contribution in [3.63, 3.8) is 0 Å². The van der Waals surface area contributed by atoms with Gasteiger partial charge in [-0.15, -0.1) is 12.4 Å². The van der Waals surface area contributed by atoms with E-state index in [4.69, 9.17) is 5.73 Å². The number of benzene rings is 1. The van der Waals surface area contributed by atoms with Crippen LogP contribution in [0.1, 0.15) is 18.9 Å². The highest BCUT2D eigenvalue weighted by atomic mass is 79.9. The Morgan fingerprint density at radius 3 is 2.78 bits per heavy atom. The smallest absolute Gasteiger partial charge is 0.223 e. The molecule has 0 aliphatic rings. The van der Waals surface area contributed by atoms with Gasteiger partial charge >= 0.3 is 0 Å². The monoisotopic (exact) mass is 334 g/mol. The summed E-state index contributed by atoms with van der Waals surface area (Å²) in [6, 6.07) is 8.07. The van der Waals surface area contributed by atoms with E-state index in [0.717, 1.165) is 17.3 Å². The molecule has 0 aliphatic heterocycles. The molecular weight excluding hydrogens is 316 g/mol. The molecule has 3 N–H and O–H groups in total. The van der Waals surface area contributed by atoms with Gasteiger partial charge in [0.15, 0.2) is 0 Å². The highest BCUT2D eigenvalue weighted by Gasteiger charge is 2.16. The predicted octanol–water partition coefficient (Wildman–Crippen LogP) is 2.51. The molecular formula is C13H20BrClN2O. The number of nitrogens with two attached hydrogens (primary N) is 1. The van der Waals surface area contributed by atoms with E-state index >= 15 is 0 Å². The topological polar surface area (TPSA) is 55.1 Å². The second-order valence-electron chi connectivity index (χ2n) is 4.02. The lowest BCUT2D eigenvalue weighted by atomic mass is 9.96. The van der Waals surface area contributed by atoms with Gasteiger partial charge in [0, 0.05) is 23.5 Å². The molecule has 0 fully saturated rings. The fraction of sp³-hybridized carbons (Fsp3) is 0.462. The molecule has 1 rings (SSSR count). The van der Waals surface area contributed by atoms with Gasteiger partial charge in [0.25, 0.3) is 0 Å². The van der Waals surface area contributed by atoms with Gasteiger partial charge in [-0.05, 0) is 30.5 Å². The lowest BCUT2D eigenvalue weighted by Gasteiger charge is -2.14. The Morgan fingerprint density at radius 2 is 2.22 bits per heavy atom. The minimum absolute atomic E-state index is 0. The van der Waals surface area contributed by atoms with Gasteiger partial charge in [-0.1, -0.05) is 35.0 Å². The maximum absolute atomic E-state index is 11.8. The first-order chi connectivity index (χ1) is 8.17. The Labute approximate surface area is 123 Å². The first-order valence-corrected chi connectivity index (χ1v) is 6.69. The van der Waals surface area contributed by atoms with Crippen LogP contribution in [-0.2, 0) is 11.2 Å². The third kappa shape index (κ3) is 5.85. The van der Waals surface area contributed by atoms with Gasteiger partial charge in [-0.3, -0.25) is 4.79 Å². The molecule has 0 radical (unpaired) electrons. The van der Waals surface area contributed by atoms with Crippen LogP contribution in [0.5, 0.6) is 0 Å². The fourth-order valence-electron chi connectivity index (χ4n) is 1.71. The van der Waals surface area contributed by atoms with Crippen molar-refractivity contribution < 1.29 is 4.79 Å². The zero-order chi connectivity index (χ0) is 12.7. The van der Waals surface area contributed by atoms with Crippen molar-refractivity contribution >= 4 is 34.2 Å².